The summed E-state index contributed by atoms with van der Waals surface area (Å²) < 4.78 is 28.1. The van der Waals surface area contributed by atoms with Crippen LogP contribution in [0.15, 0.2) is 158 Å². The van der Waals surface area contributed by atoms with Crippen LogP contribution in [-0.4, -0.2) is 89.2 Å². The number of carboxylic acid groups (broad SMARTS) is 1. The molecule has 3 N–H and O–H groups in total. The molecule has 0 bridgehead atoms. The van der Waals surface area contributed by atoms with Crippen LogP contribution in [0.4, 0.5) is 0 Å². The molecule has 6 unspecified atom stereocenters. The van der Waals surface area contributed by atoms with Crippen LogP contribution < -0.4 is 0 Å². The Labute approximate surface area is 450 Å². The summed E-state index contributed by atoms with van der Waals surface area (Å²) in [6, 6.07) is 0. The van der Waals surface area contributed by atoms with Crippen molar-refractivity contribution in [2.45, 2.75) is 199 Å². The van der Waals surface area contributed by atoms with Crippen molar-refractivity contribution < 1.29 is 58.2 Å². The highest BCUT2D eigenvalue weighted by atomic mass is 16.7. The lowest BCUT2D eigenvalue weighted by molar-refractivity contribution is -0.301. The Hall–Kier alpha value is -5.66. The van der Waals surface area contributed by atoms with Crippen LogP contribution in [0.1, 0.15) is 162 Å². The summed E-state index contributed by atoms with van der Waals surface area (Å²) in [4.78, 5) is 50.9. The summed E-state index contributed by atoms with van der Waals surface area (Å²) in [6.45, 7) is 5.47. The molecular weight excluding hydrogens is 949 g/mol. The average Bonchev–Trinajstić information content (AvgIpc) is 3.39. The molecule has 12 nitrogen and oxygen atoms in total. The molecule has 1 heterocycles. The summed E-state index contributed by atoms with van der Waals surface area (Å²) >= 11 is 0. The number of ether oxygens (including phenoxy) is 5. The summed E-state index contributed by atoms with van der Waals surface area (Å²) in [6.07, 6.45) is 59.7. The van der Waals surface area contributed by atoms with Gasteiger partial charge in [-0.15, -0.1) is 0 Å². The highest BCUT2D eigenvalue weighted by molar-refractivity contribution is 5.74. The summed E-state index contributed by atoms with van der Waals surface area (Å²) in [7, 11) is 0. The van der Waals surface area contributed by atoms with Gasteiger partial charge in [0, 0.05) is 12.8 Å². The number of carbonyl (C=O) groups excluding carboxylic acids is 3. The van der Waals surface area contributed by atoms with Gasteiger partial charge in [0.1, 0.15) is 18.8 Å². The number of aliphatic hydroxyl groups excluding tert-OH is 2. The first kappa shape index (κ1) is 67.4. The number of hydrogen-bond donors (Lipinski definition) is 3. The van der Waals surface area contributed by atoms with Crippen molar-refractivity contribution in [3.05, 3.63) is 158 Å². The number of esters is 3. The predicted octanol–water partition coefficient (Wildman–Crippen LogP) is 13.8. The molecule has 1 aliphatic heterocycles. The topological polar surface area (TPSA) is 175 Å². The van der Waals surface area contributed by atoms with Gasteiger partial charge < -0.3 is 39.0 Å². The molecule has 1 fully saturated rings. The Morgan fingerprint density at radius 1 is 0.453 bits per heavy atom. The van der Waals surface area contributed by atoms with E-state index in [4.69, 9.17) is 23.7 Å². The van der Waals surface area contributed by atoms with Crippen LogP contribution in [0.5, 0.6) is 0 Å². The van der Waals surface area contributed by atoms with Gasteiger partial charge in [0.25, 0.3) is 0 Å². The number of aliphatic hydroxyl groups is 2. The number of hydrogen-bond acceptors (Lipinski definition) is 11. The number of carboxylic acids is 1. The largest absolute Gasteiger partial charge is 0.479 e. The van der Waals surface area contributed by atoms with Crippen LogP contribution in [0, 0.1) is 0 Å². The van der Waals surface area contributed by atoms with Crippen LogP contribution >= 0.6 is 0 Å². The summed E-state index contributed by atoms with van der Waals surface area (Å²) in [5, 5.41) is 31.4. The lowest BCUT2D eigenvalue weighted by Crippen LogP contribution is -2.61. The van der Waals surface area contributed by atoms with Gasteiger partial charge in [0.05, 0.1) is 13.0 Å². The molecule has 0 spiro atoms. The van der Waals surface area contributed by atoms with Crippen molar-refractivity contribution in [2.24, 2.45) is 0 Å². The number of unbranched alkanes of at least 4 members (excludes halogenated alkanes) is 4. The molecule has 6 atom stereocenters. The van der Waals surface area contributed by atoms with E-state index in [0.29, 0.717) is 25.7 Å². The second-order valence-corrected chi connectivity index (χ2v) is 17.7. The maximum Gasteiger partial charge on any atom is 0.335 e. The Bertz CT molecular complexity index is 1910. The highest BCUT2D eigenvalue weighted by Crippen LogP contribution is 2.26. The zero-order chi connectivity index (χ0) is 54.7. The Morgan fingerprint density at radius 2 is 0.853 bits per heavy atom. The molecular formula is C63H92O12. The second kappa shape index (κ2) is 49.2. The minimum absolute atomic E-state index is 0.0364. The molecule has 0 aromatic heterocycles. The van der Waals surface area contributed by atoms with Crippen molar-refractivity contribution in [2.75, 3.05) is 13.2 Å². The van der Waals surface area contributed by atoms with Crippen molar-refractivity contribution in [3.63, 3.8) is 0 Å². The van der Waals surface area contributed by atoms with Gasteiger partial charge in [0.2, 0.25) is 0 Å². The van der Waals surface area contributed by atoms with Crippen LogP contribution in [0.3, 0.4) is 0 Å². The number of aliphatic carboxylic acids is 1. The molecule has 12 heteroatoms. The quantitative estimate of drug-likeness (QED) is 0.0228. The Kier molecular flexibility index (Phi) is 44.2. The monoisotopic (exact) mass is 1040 g/mol. The van der Waals surface area contributed by atoms with Crippen LogP contribution in [0.2, 0.25) is 0 Å². The van der Waals surface area contributed by atoms with Gasteiger partial charge in [-0.3, -0.25) is 14.4 Å². The maximum absolute atomic E-state index is 13.1. The smallest absolute Gasteiger partial charge is 0.335 e. The minimum atomic E-state index is -1.95. The fraction of sp³-hybridized carbons (Fsp3) is 0.524. The van der Waals surface area contributed by atoms with E-state index in [9.17, 15) is 34.5 Å². The number of rotatable bonds is 43. The second-order valence-electron chi connectivity index (χ2n) is 17.7. The molecule has 0 aliphatic carbocycles. The lowest BCUT2D eigenvalue weighted by Gasteiger charge is -2.40. The highest BCUT2D eigenvalue weighted by Gasteiger charge is 2.50. The fourth-order valence-corrected chi connectivity index (χ4v) is 7.02. The molecule has 416 valence electrons. The van der Waals surface area contributed by atoms with E-state index in [1.54, 1.807) is 6.08 Å². The zero-order valence-electron chi connectivity index (χ0n) is 45.5. The summed E-state index contributed by atoms with van der Waals surface area (Å²) in [5.74, 6) is -3.44. The van der Waals surface area contributed by atoms with E-state index < -0.39 is 73.9 Å². The van der Waals surface area contributed by atoms with E-state index in [1.165, 1.54) is 0 Å². The molecule has 1 saturated heterocycles. The van der Waals surface area contributed by atoms with Crippen LogP contribution in [0.25, 0.3) is 0 Å². The average molecular weight is 1040 g/mol. The third-order valence-electron chi connectivity index (χ3n) is 11.1. The van der Waals surface area contributed by atoms with E-state index in [2.05, 4.69) is 142 Å². The minimum Gasteiger partial charge on any atom is -0.479 e. The van der Waals surface area contributed by atoms with Crippen molar-refractivity contribution in [1.29, 1.82) is 0 Å². The molecule has 0 radical (unpaired) electrons. The van der Waals surface area contributed by atoms with Gasteiger partial charge >= 0.3 is 23.9 Å². The van der Waals surface area contributed by atoms with Crippen LogP contribution in [-0.2, 0) is 42.9 Å². The fourth-order valence-electron chi connectivity index (χ4n) is 7.02. The van der Waals surface area contributed by atoms with E-state index in [1.807, 2.05) is 30.4 Å². The molecule has 1 rings (SSSR count). The normalized spacial score (nSPS) is 19.4. The molecule has 1 aliphatic rings. The van der Waals surface area contributed by atoms with Gasteiger partial charge in [-0.25, -0.2) is 4.79 Å². The van der Waals surface area contributed by atoms with Crippen molar-refractivity contribution >= 4 is 23.9 Å². The molecule has 75 heavy (non-hydrogen) atoms. The van der Waals surface area contributed by atoms with Gasteiger partial charge in [-0.1, -0.05) is 185 Å². The van der Waals surface area contributed by atoms with Gasteiger partial charge in [-0.05, 0) is 116 Å². The lowest BCUT2D eigenvalue weighted by atomic mass is 9.98. The van der Waals surface area contributed by atoms with E-state index >= 15 is 0 Å². The third kappa shape index (κ3) is 39.4. The zero-order valence-corrected chi connectivity index (χ0v) is 45.5. The van der Waals surface area contributed by atoms with E-state index in [0.717, 1.165) is 96.3 Å². The Balaban J connectivity index is 2.83. The molecule has 0 aromatic rings. The maximum atomic E-state index is 13.1. The first-order valence-corrected chi connectivity index (χ1v) is 27.5. The SMILES string of the molecule is CC/C=C\C/C=C\C/C=C\C/C=C\C/C=C\CCCC(=O)OC1C(OCC(COC(=O)C/C=C\C/C=C\C/C=C\C/C=C\C/C=C\CC)OC(=O)CCCCC/C=C\C/C=C\C/C=C\CC)OC(C(=O)O)C(O)C1O. The van der Waals surface area contributed by atoms with E-state index in [-0.39, 0.29) is 19.3 Å². The predicted molar refractivity (Wildman–Crippen MR) is 302 cm³/mol. The molecule has 0 amide bonds. The molecule has 0 aromatic carbocycles. The Morgan fingerprint density at radius 3 is 1.29 bits per heavy atom. The summed E-state index contributed by atoms with van der Waals surface area (Å²) in [5.41, 5.74) is 0. The van der Waals surface area contributed by atoms with Crippen molar-refractivity contribution in [3.8, 4) is 0 Å². The standard InChI is InChI=1S/C63H92O12/c1-4-7-10-13-16-19-22-25-27-28-30-33-36-39-42-45-48-51-57(66)74-61-59(68)58(67)60(62(69)70)75-63(61)72-53-54(73-56(65)50-47-44-41-38-35-31-24-21-18-15-12-9-6-3)52-71-55(64)49-46-43-40-37-34-32-29-26-23-20-17-14-11-8-5-2/h7-12,16-21,25-27,29-31,33-35,37,39,42-43,46,54,58-61,63,67-68H,4-6,13-15,22-24,28,32,36,38,40-41,44-45,47-53H2,1-3H3,(H,69,70)/b10-7-,11-8-,12-9-,19-16-,20-17-,21-18-,27-25-,29-26-,33-30-,35-31-,37-34-,42-39-,46-43-. The van der Waals surface area contributed by atoms with Crippen molar-refractivity contribution in [1.82, 2.24) is 0 Å². The number of allylic oxidation sites excluding steroid dienone is 25. The first-order chi connectivity index (χ1) is 36.6. The number of carbonyl (C=O) groups is 4. The van der Waals surface area contributed by atoms with Gasteiger partial charge in [-0.2, -0.15) is 0 Å². The molecule has 0 saturated carbocycles. The van der Waals surface area contributed by atoms with Gasteiger partial charge in [0.15, 0.2) is 24.6 Å². The first-order valence-electron chi connectivity index (χ1n) is 27.5. The third-order valence-corrected chi connectivity index (χ3v) is 11.1.